The Bertz CT molecular complexity index is 254. The zero-order valence-corrected chi connectivity index (χ0v) is 9.32. The van der Waals surface area contributed by atoms with E-state index in [4.69, 9.17) is 10.2 Å². The molecule has 0 aliphatic heterocycles. The Labute approximate surface area is 94.8 Å². The van der Waals surface area contributed by atoms with Crippen LogP contribution in [0.15, 0.2) is 0 Å². The molecular weight excluding hydrogens is 210 g/mol. The highest BCUT2D eigenvalue weighted by molar-refractivity contribution is 5.80. The van der Waals surface area contributed by atoms with Gasteiger partial charge in [-0.05, 0) is 24.7 Å². The molecule has 1 aliphatic rings. The normalized spacial score (nSPS) is 24.3. The van der Waals surface area contributed by atoms with E-state index < -0.39 is 5.97 Å². The highest BCUT2D eigenvalue weighted by Gasteiger charge is 2.26. The summed E-state index contributed by atoms with van der Waals surface area (Å²) in [6.45, 7) is 0.735. The van der Waals surface area contributed by atoms with E-state index in [1.54, 1.807) is 0 Å². The topological polar surface area (TPSA) is 86.6 Å². The maximum absolute atomic E-state index is 11.3. The molecule has 0 saturated heterocycles. The molecule has 92 valence electrons. The predicted molar refractivity (Wildman–Crippen MR) is 57.8 cm³/mol. The summed E-state index contributed by atoms with van der Waals surface area (Å²) in [5, 5.41) is 20.2. The van der Waals surface area contributed by atoms with Gasteiger partial charge in [-0.15, -0.1) is 0 Å². The summed E-state index contributed by atoms with van der Waals surface area (Å²) in [6, 6.07) is 0. The molecule has 0 aromatic heterocycles. The van der Waals surface area contributed by atoms with Crippen molar-refractivity contribution in [3.63, 3.8) is 0 Å². The smallest absolute Gasteiger partial charge is 0.303 e. The number of aliphatic carboxylic acids is 1. The third kappa shape index (κ3) is 4.18. The van der Waals surface area contributed by atoms with E-state index in [0.29, 0.717) is 18.4 Å². The zero-order chi connectivity index (χ0) is 12.0. The fraction of sp³-hybridized carbons (Fsp3) is 0.818. The van der Waals surface area contributed by atoms with Crippen LogP contribution in [0.3, 0.4) is 0 Å². The molecule has 16 heavy (non-hydrogen) atoms. The van der Waals surface area contributed by atoms with Gasteiger partial charge in [0.05, 0.1) is 6.42 Å². The van der Waals surface area contributed by atoms with Crippen LogP contribution >= 0.6 is 0 Å². The molecule has 1 fully saturated rings. The van der Waals surface area contributed by atoms with Crippen molar-refractivity contribution in [1.29, 1.82) is 0 Å². The first-order chi connectivity index (χ1) is 7.63. The Morgan fingerprint density at radius 1 is 1.19 bits per heavy atom. The molecule has 0 aromatic rings. The van der Waals surface area contributed by atoms with Crippen molar-refractivity contribution < 1.29 is 19.8 Å². The van der Waals surface area contributed by atoms with Gasteiger partial charge in [-0.25, -0.2) is 0 Å². The number of amides is 1. The summed E-state index contributed by atoms with van der Waals surface area (Å²) in [5.41, 5.74) is 0. The Morgan fingerprint density at radius 2 is 1.88 bits per heavy atom. The largest absolute Gasteiger partial charge is 0.481 e. The first kappa shape index (κ1) is 13.0. The van der Waals surface area contributed by atoms with Gasteiger partial charge in [0, 0.05) is 19.6 Å². The lowest BCUT2D eigenvalue weighted by molar-refractivity contribution is -0.138. The number of aliphatic hydroxyl groups excluding tert-OH is 1. The number of carboxylic acids is 1. The van der Waals surface area contributed by atoms with Gasteiger partial charge in [0.1, 0.15) is 0 Å². The number of rotatable bonds is 6. The Hall–Kier alpha value is -1.10. The first-order valence-electron chi connectivity index (χ1n) is 5.73. The monoisotopic (exact) mass is 229 g/mol. The van der Waals surface area contributed by atoms with Crippen molar-refractivity contribution in [3.8, 4) is 0 Å². The third-order valence-electron chi connectivity index (χ3n) is 3.18. The van der Waals surface area contributed by atoms with Gasteiger partial charge in [0.2, 0.25) is 5.91 Å². The summed E-state index contributed by atoms with van der Waals surface area (Å²) in [4.78, 5) is 21.5. The molecule has 2 atom stereocenters. The van der Waals surface area contributed by atoms with E-state index in [2.05, 4.69) is 5.32 Å². The average Bonchev–Trinajstić information content (AvgIpc) is 2.70. The van der Waals surface area contributed by atoms with Crippen LogP contribution in [0, 0.1) is 11.8 Å². The van der Waals surface area contributed by atoms with Crippen molar-refractivity contribution in [2.45, 2.75) is 32.1 Å². The van der Waals surface area contributed by atoms with Crippen LogP contribution < -0.4 is 5.32 Å². The lowest BCUT2D eigenvalue weighted by Gasteiger charge is -2.17. The van der Waals surface area contributed by atoms with Crippen LogP contribution in [0.5, 0.6) is 0 Å². The van der Waals surface area contributed by atoms with E-state index in [1.165, 1.54) is 0 Å². The molecular formula is C11H19NO4. The summed E-state index contributed by atoms with van der Waals surface area (Å²) >= 11 is 0. The lowest BCUT2D eigenvalue weighted by Crippen LogP contribution is -2.31. The second-order valence-electron chi connectivity index (χ2n) is 4.33. The van der Waals surface area contributed by atoms with Gasteiger partial charge >= 0.3 is 5.97 Å². The molecule has 0 radical (unpaired) electrons. The average molecular weight is 229 g/mol. The maximum Gasteiger partial charge on any atom is 0.303 e. The third-order valence-corrected chi connectivity index (χ3v) is 3.18. The van der Waals surface area contributed by atoms with Crippen molar-refractivity contribution in [2.24, 2.45) is 11.8 Å². The minimum absolute atomic E-state index is 0.0336. The molecule has 0 spiro atoms. The van der Waals surface area contributed by atoms with Crippen molar-refractivity contribution in [1.82, 2.24) is 5.32 Å². The molecule has 2 unspecified atom stereocenters. The summed E-state index contributed by atoms with van der Waals surface area (Å²) in [7, 11) is 0. The Morgan fingerprint density at radius 3 is 2.50 bits per heavy atom. The highest BCUT2D eigenvalue weighted by Crippen LogP contribution is 2.30. The zero-order valence-electron chi connectivity index (χ0n) is 9.32. The summed E-state index contributed by atoms with van der Waals surface area (Å²) in [5.74, 6) is -0.534. The number of nitrogens with one attached hydrogen (secondary N) is 1. The SMILES string of the molecule is O=C(O)CCC(=O)NCC1CCCC1CO. The number of hydrogen-bond acceptors (Lipinski definition) is 3. The highest BCUT2D eigenvalue weighted by atomic mass is 16.4. The standard InChI is InChI=1S/C11H19NO4/c13-7-9-3-1-2-8(9)6-12-10(14)4-5-11(15)16/h8-9,13H,1-7H2,(H,12,14)(H,15,16). The van der Waals surface area contributed by atoms with Crippen molar-refractivity contribution in [3.05, 3.63) is 0 Å². The second-order valence-corrected chi connectivity index (χ2v) is 4.33. The van der Waals surface area contributed by atoms with Gasteiger partial charge in [-0.2, -0.15) is 0 Å². The lowest BCUT2D eigenvalue weighted by atomic mass is 9.97. The molecule has 5 heteroatoms. The van der Waals surface area contributed by atoms with E-state index >= 15 is 0 Å². The van der Waals surface area contributed by atoms with E-state index in [0.717, 1.165) is 19.3 Å². The quantitative estimate of drug-likeness (QED) is 0.614. The van der Waals surface area contributed by atoms with Gasteiger partial charge in [0.25, 0.3) is 0 Å². The molecule has 1 amide bonds. The van der Waals surface area contributed by atoms with Crippen molar-refractivity contribution >= 4 is 11.9 Å². The van der Waals surface area contributed by atoms with Crippen LogP contribution in [0.4, 0.5) is 0 Å². The minimum atomic E-state index is -0.954. The number of carboxylic acid groups (broad SMARTS) is 1. The number of carbonyl (C=O) groups excluding carboxylic acids is 1. The molecule has 1 saturated carbocycles. The Balaban J connectivity index is 2.18. The van der Waals surface area contributed by atoms with E-state index in [9.17, 15) is 9.59 Å². The number of aliphatic hydroxyl groups is 1. The number of carbonyl (C=O) groups is 2. The van der Waals surface area contributed by atoms with Gasteiger partial charge in [0.15, 0.2) is 0 Å². The maximum atomic E-state index is 11.3. The van der Waals surface area contributed by atoms with E-state index in [1.807, 2.05) is 0 Å². The second kappa shape index (κ2) is 6.48. The predicted octanol–water partition coefficient (Wildman–Crippen LogP) is 0.376. The molecule has 1 aliphatic carbocycles. The van der Waals surface area contributed by atoms with Gasteiger partial charge in [-0.1, -0.05) is 6.42 Å². The molecule has 0 aromatic carbocycles. The minimum Gasteiger partial charge on any atom is -0.481 e. The van der Waals surface area contributed by atoms with Gasteiger partial charge < -0.3 is 15.5 Å². The Kier molecular flexibility index (Phi) is 5.25. The fourth-order valence-corrected chi connectivity index (χ4v) is 2.18. The molecule has 0 bridgehead atoms. The van der Waals surface area contributed by atoms with E-state index in [-0.39, 0.29) is 25.4 Å². The van der Waals surface area contributed by atoms with Crippen LogP contribution in [-0.2, 0) is 9.59 Å². The summed E-state index contributed by atoms with van der Waals surface area (Å²) < 4.78 is 0. The van der Waals surface area contributed by atoms with Crippen molar-refractivity contribution in [2.75, 3.05) is 13.2 Å². The number of hydrogen-bond donors (Lipinski definition) is 3. The molecule has 1 rings (SSSR count). The van der Waals surface area contributed by atoms with Crippen LogP contribution in [0.25, 0.3) is 0 Å². The summed E-state index contributed by atoms with van der Waals surface area (Å²) in [6.07, 6.45) is 3.06. The first-order valence-corrected chi connectivity index (χ1v) is 5.73. The van der Waals surface area contributed by atoms with Crippen LogP contribution in [0.1, 0.15) is 32.1 Å². The van der Waals surface area contributed by atoms with Gasteiger partial charge in [-0.3, -0.25) is 9.59 Å². The molecule has 5 nitrogen and oxygen atoms in total. The fourth-order valence-electron chi connectivity index (χ4n) is 2.18. The molecule has 0 heterocycles. The van der Waals surface area contributed by atoms with Crippen LogP contribution in [-0.4, -0.2) is 35.2 Å². The molecule has 3 N–H and O–H groups in total. The van der Waals surface area contributed by atoms with Crippen LogP contribution in [0.2, 0.25) is 0 Å².